The molecule has 0 N–H and O–H groups in total. The molecule has 0 fully saturated rings. The van der Waals surface area contributed by atoms with Crippen LogP contribution < -0.4 is 4.74 Å². The van der Waals surface area contributed by atoms with Crippen LogP contribution in [0.1, 0.15) is 69.2 Å². The quantitative estimate of drug-likeness (QED) is 0.349. The van der Waals surface area contributed by atoms with Crippen molar-refractivity contribution in [1.29, 1.82) is 0 Å². The number of hydrogen-bond acceptors (Lipinski definition) is 5. The molecular formula is C28H36N4O2S. The Morgan fingerprint density at radius 2 is 1.71 bits per heavy atom. The van der Waals surface area contributed by atoms with Crippen LogP contribution in [0.2, 0.25) is 0 Å². The number of carbonyl (C=O) groups excluding carboxylic acids is 1. The van der Waals surface area contributed by atoms with E-state index < -0.39 is 0 Å². The number of para-hydroxylation sites is 1. The summed E-state index contributed by atoms with van der Waals surface area (Å²) in [5.41, 5.74) is 3.77. The molecular weight excluding hydrogens is 456 g/mol. The van der Waals surface area contributed by atoms with Gasteiger partial charge in [-0.15, -0.1) is 10.2 Å². The summed E-state index contributed by atoms with van der Waals surface area (Å²) in [5.74, 6) is 2.94. The van der Waals surface area contributed by atoms with Gasteiger partial charge in [0.25, 0.3) is 0 Å². The number of aromatic nitrogens is 3. The summed E-state index contributed by atoms with van der Waals surface area (Å²) in [6, 6.07) is 16.5. The Kier molecular flexibility index (Phi) is 8.16. The highest BCUT2D eigenvalue weighted by atomic mass is 32.2. The largest absolute Gasteiger partial charge is 0.482 e. The van der Waals surface area contributed by atoms with E-state index in [4.69, 9.17) is 4.74 Å². The molecule has 0 aliphatic carbocycles. The Bertz CT molecular complexity index is 1160. The molecule has 1 aromatic heterocycles. The Morgan fingerprint density at radius 3 is 2.46 bits per heavy atom. The third-order valence-electron chi connectivity index (χ3n) is 6.31. The smallest absolute Gasteiger partial charge is 0.233 e. The van der Waals surface area contributed by atoms with Gasteiger partial charge in [0, 0.05) is 19.6 Å². The van der Waals surface area contributed by atoms with Crippen LogP contribution in [0.4, 0.5) is 0 Å². The van der Waals surface area contributed by atoms with E-state index in [1.807, 2.05) is 36.1 Å². The van der Waals surface area contributed by atoms with E-state index in [1.165, 1.54) is 28.5 Å². The van der Waals surface area contributed by atoms with E-state index in [0.717, 1.165) is 36.2 Å². The molecule has 7 heteroatoms. The Morgan fingerprint density at radius 1 is 1.00 bits per heavy atom. The van der Waals surface area contributed by atoms with E-state index in [1.54, 1.807) is 0 Å². The predicted octanol–water partition coefficient (Wildman–Crippen LogP) is 5.87. The van der Waals surface area contributed by atoms with Crippen molar-refractivity contribution in [3.8, 4) is 5.75 Å². The summed E-state index contributed by atoms with van der Waals surface area (Å²) >= 11 is 1.47. The van der Waals surface area contributed by atoms with Gasteiger partial charge in [-0.3, -0.25) is 4.79 Å². The molecule has 1 aliphatic heterocycles. The molecule has 0 radical (unpaired) electrons. The van der Waals surface area contributed by atoms with Crippen molar-refractivity contribution in [1.82, 2.24) is 19.7 Å². The Hall–Kier alpha value is -2.80. The van der Waals surface area contributed by atoms with Crippen molar-refractivity contribution in [2.45, 2.75) is 71.3 Å². The molecule has 2 aromatic carbocycles. The van der Waals surface area contributed by atoms with Gasteiger partial charge in [0.15, 0.2) is 17.1 Å². The summed E-state index contributed by atoms with van der Waals surface area (Å²) < 4.78 is 8.50. The van der Waals surface area contributed by atoms with Gasteiger partial charge in [0.2, 0.25) is 5.91 Å². The van der Waals surface area contributed by atoms with Crippen LogP contribution >= 0.6 is 11.8 Å². The highest BCUT2D eigenvalue weighted by Crippen LogP contribution is 2.31. The zero-order chi connectivity index (χ0) is 24.9. The predicted molar refractivity (Wildman–Crippen MR) is 141 cm³/mol. The molecule has 2 heterocycles. The van der Waals surface area contributed by atoms with E-state index in [9.17, 15) is 4.79 Å². The van der Waals surface area contributed by atoms with Gasteiger partial charge in [-0.1, -0.05) is 81.9 Å². The van der Waals surface area contributed by atoms with Gasteiger partial charge in [0.1, 0.15) is 5.75 Å². The van der Waals surface area contributed by atoms with Crippen LogP contribution in [0.3, 0.4) is 0 Å². The fourth-order valence-corrected chi connectivity index (χ4v) is 5.34. The maximum Gasteiger partial charge on any atom is 0.233 e. The number of carbonyl (C=O) groups is 1. The molecule has 1 unspecified atom stereocenters. The number of ether oxygens (including phenoxy) is 1. The van der Waals surface area contributed by atoms with Crippen molar-refractivity contribution in [3.05, 3.63) is 71.0 Å². The molecule has 3 aromatic rings. The number of hydrogen-bond donors (Lipinski definition) is 0. The molecule has 35 heavy (non-hydrogen) atoms. The third kappa shape index (κ3) is 6.07. The highest BCUT2D eigenvalue weighted by Gasteiger charge is 2.24. The number of fused-ring (bicyclic) bond motifs is 1. The van der Waals surface area contributed by atoms with Crippen LogP contribution in [-0.4, -0.2) is 37.9 Å². The molecule has 1 amide bonds. The zero-order valence-corrected chi connectivity index (χ0v) is 22.2. The van der Waals surface area contributed by atoms with Crippen LogP contribution in [-0.2, 0) is 24.3 Å². The number of nitrogens with zero attached hydrogens (tertiary/aromatic N) is 4. The molecule has 4 rings (SSSR count). The normalized spacial score (nSPS) is 14.3. The lowest BCUT2D eigenvalue weighted by atomic mass is 10.00. The van der Waals surface area contributed by atoms with E-state index >= 15 is 0 Å². The lowest BCUT2D eigenvalue weighted by Gasteiger charge is -2.28. The van der Waals surface area contributed by atoms with Gasteiger partial charge in [-0.2, -0.15) is 0 Å². The SMILES string of the molecule is CC(C)Cn1c(SCC(=O)N2CCc3ccccc3C2)nnc1C(C)Oc1ccccc1C(C)C. The first-order chi connectivity index (χ1) is 16.8. The lowest BCUT2D eigenvalue weighted by molar-refractivity contribution is -0.129. The first kappa shape index (κ1) is 25.3. The molecule has 1 atom stereocenters. The minimum absolute atomic E-state index is 0.139. The Balaban J connectivity index is 1.46. The summed E-state index contributed by atoms with van der Waals surface area (Å²) in [7, 11) is 0. The topological polar surface area (TPSA) is 60.2 Å². The minimum atomic E-state index is -0.259. The van der Waals surface area contributed by atoms with E-state index in [2.05, 4.69) is 66.7 Å². The molecule has 0 spiro atoms. The average Bonchev–Trinajstić information content (AvgIpc) is 3.24. The lowest BCUT2D eigenvalue weighted by Crippen LogP contribution is -2.37. The Labute approximate surface area is 213 Å². The summed E-state index contributed by atoms with van der Waals surface area (Å²) in [6.07, 6.45) is 0.650. The highest BCUT2D eigenvalue weighted by molar-refractivity contribution is 7.99. The van der Waals surface area contributed by atoms with Gasteiger partial charge >= 0.3 is 0 Å². The van der Waals surface area contributed by atoms with Crippen molar-refractivity contribution < 1.29 is 9.53 Å². The second-order valence-corrected chi connectivity index (χ2v) is 10.9. The van der Waals surface area contributed by atoms with Crippen molar-refractivity contribution in [2.75, 3.05) is 12.3 Å². The number of thioether (sulfide) groups is 1. The number of rotatable bonds is 9. The molecule has 6 nitrogen and oxygen atoms in total. The van der Waals surface area contributed by atoms with Crippen molar-refractivity contribution in [2.24, 2.45) is 5.92 Å². The fourth-order valence-electron chi connectivity index (χ4n) is 4.48. The van der Waals surface area contributed by atoms with E-state index in [0.29, 0.717) is 24.1 Å². The average molecular weight is 493 g/mol. The molecule has 0 saturated heterocycles. The van der Waals surface area contributed by atoms with Crippen molar-refractivity contribution in [3.63, 3.8) is 0 Å². The fraction of sp³-hybridized carbons (Fsp3) is 0.464. The minimum Gasteiger partial charge on any atom is -0.482 e. The van der Waals surface area contributed by atoms with Crippen LogP contribution in [0.15, 0.2) is 53.7 Å². The molecule has 186 valence electrons. The standard InChI is InChI=1S/C28H36N4O2S/c1-19(2)16-32-27(21(5)34-25-13-9-8-12-24(25)20(3)4)29-30-28(32)35-18-26(33)31-15-14-22-10-6-7-11-23(22)17-31/h6-13,19-21H,14-18H2,1-5H3. The molecule has 0 bridgehead atoms. The summed E-state index contributed by atoms with van der Waals surface area (Å²) in [5, 5.41) is 9.74. The van der Waals surface area contributed by atoms with Gasteiger partial charge in [-0.05, 0) is 47.9 Å². The number of amides is 1. The van der Waals surface area contributed by atoms with Gasteiger partial charge in [-0.25, -0.2) is 0 Å². The van der Waals surface area contributed by atoms with Crippen LogP contribution in [0.5, 0.6) is 5.75 Å². The number of benzene rings is 2. The second kappa shape index (κ2) is 11.3. The van der Waals surface area contributed by atoms with Crippen molar-refractivity contribution >= 4 is 17.7 Å². The second-order valence-electron chi connectivity index (χ2n) is 9.92. The van der Waals surface area contributed by atoms with Crippen LogP contribution in [0.25, 0.3) is 0 Å². The maximum absolute atomic E-state index is 13.0. The third-order valence-corrected chi connectivity index (χ3v) is 7.26. The summed E-state index contributed by atoms with van der Waals surface area (Å²) in [4.78, 5) is 15.0. The monoisotopic (exact) mass is 492 g/mol. The van der Waals surface area contributed by atoms with Gasteiger partial charge < -0.3 is 14.2 Å². The van der Waals surface area contributed by atoms with Gasteiger partial charge in [0.05, 0.1) is 5.75 Å². The van der Waals surface area contributed by atoms with Crippen LogP contribution in [0, 0.1) is 5.92 Å². The molecule has 1 aliphatic rings. The first-order valence-electron chi connectivity index (χ1n) is 12.5. The zero-order valence-electron chi connectivity index (χ0n) is 21.4. The maximum atomic E-state index is 13.0. The van der Waals surface area contributed by atoms with E-state index in [-0.39, 0.29) is 12.0 Å². The first-order valence-corrected chi connectivity index (χ1v) is 13.5. The summed E-state index contributed by atoms with van der Waals surface area (Å²) in [6.45, 7) is 12.9. The molecule has 0 saturated carbocycles.